The number of H-pyrrole nitrogens is 1. The highest BCUT2D eigenvalue weighted by Gasteiger charge is 2.44. The van der Waals surface area contributed by atoms with Gasteiger partial charge in [-0.05, 0) is 78.1 Å². The standard InChI is InChI=1S/C39H46N5O8P/c1-22(2)26-10-7-24(8-11-26)20-52-23(3)30(15-16-35(40)45)42-38(47)34-19-28-6-4-5-27-12-14-32(39(48)44(34)36(27)28)43-37(46)33-18-29-17-25(21-53(49,50)51)9-13-31(29)41-33/h4-11,13,17-18,22-23,30,32,34,41H,12,14-16,19-21H2,1-3H3,(H2,40,45)(H,42,47)(H,43,46)(H2,49,50,51)/t23-,30+,32+,34+/m1/s1. The van der Waals surface area contributed by atoms with Crippen LogP contribution in [0.3, 0.4) is 0 Å². The van der Waals surface area contributed by atoms with Gasteiger partial charge in [-0.15, -0.1) is 0 Å². The molecule has 4 amide bonds. The molecular weight excluding hydrogens is 697 g/mol. The number of benzene rings is 3. The molecule has 0 radical (unpaired) electrons. The number of para-hydroxylation sites is 1. The highest BCUT2D eigenvalue weighted by atomic mass is 31.2. The van der Waals surface area contributed by atoms with Crippen molar-refractivity contribution in [3.8, 4) is 0 Å². The lowest BCUT2D eigenvalue weighted by molar-refractivity contribution is -0.128. The van der Waals surface area contributed by atoms with Gasteiger partial charge >= 0.3 is 7.60 Å². The molecule has 2 aliphatic heterocycles. The molecule has 53 heavy (non-hydrogen) atoms. The molecule has 4 atom stereocenters. The number of aryl methyl sites for hydroxylation is 1. The monoisotopic (exact) mass is 743 g/mol. The van der Waals surface area contributed by atoms with Gasteiger partial charge in [0.05, 0.1) is 30.6 Å². The van der Waals surface area contributed by atoms with Crippen LogP contribution in [0, 0.1) is 0 Å². The molecule has 0 unspecified atom stereocenters. The Morgan fingerprint density at radius 2 is 1.74 bits per heavy atom. The zero-order chi connectivity index (χ0) is 38.0. The van der Waals surface area contributed by atoms with Crippen LogP contribution in [0.15, 0.2) is 66.7 Å². The average molecular weight is 744 g/mol. The Balaban J connectivity index is 1.18. The van der Waals surface area contributed by atoms with E-state index in [1.165, 1.54) is 10.5 Å². The van der Waals surface area contributed by atoms with E-state index in [2.05, 4.69) is 41.6 Å². The molecule has 3 aromatic carbocycles. The van der Waals surface area contributed by atoms with E-state index in [4.69, 9.17) is 10.5 Å². The maximum atomic E-state index is 14.3. The van der Waals surface area contributed by atoms with E-state index in [0.717, 1.165) is 16.7 Å². The summed E-state index contributed by atoms with van der Waals surface area (Å²) in [5, 5.41) is 6.52. The van der Waals surface area contributed by atoms with Crippen molar-refractivity contribution >= 4 is 47.8 Å². The fourth-order valence-electron chi connectivity index (χ4n) is 7.19. The number of fused-ring (bicyclic) bond motifs is 1. The number of carbonyl (C=O) groups is 4. The molecule has 0 fully saturated rings. The van der Waals surface area contributed by atoms with Crippen molar-refractivity contribution in [3.05, 3.63) is 100 Å². The number of primary amides is 1. The minimum Gasteiger partial charge on any atom is -0.372 e. The van der Waals surface area contributed by atoms with E-state index in [9.17, 15) is 33.5 Å². The number of ether oxygens (including phenoxy) is 1. The molecule has 0 aliphatic carbocycles. The number of nitrogens with one attached hydrogen (secondary N) is 3. The summed E-state index contributed by atoms with van der Waals surface area (Å²) in [5.41, 5.74) is 11.3. The second-order valence-electron chi connectivity index (χ2n) is 14.4. The van der Waals surface area contributed by atoms with Crippen LogP contribution >= 0.6 is 7.60 Å². The number of nitrogens with two attached hydrogens (primary N) is 1. The van der Waals surface area contributed by atoms with Crippen LogP contribution in [0.25, 0.3) is 10.9 Å². The predicted octanol–water partition coefficient (Wildman–Crippen LogP) is 4.33. The first-order valence-corrected chi connectivity index (χ1v) is 19.7. The van der Waals surface area contributed by atoms with Gasteiger partial charge in [-0.2, -0.15) is 0 Å². The summed E-state index contributed by atoms with van der Waals surface area (Å²) >= 11 is 0. The van der Waals surface area contributed by atoms with Gasteiger partial charge in [0, 0.05) is 23.7 Å². The molecule has 4 aromatic rings. The molecule has 0 spiro atoms. The Hall–Kier alpha value is -4.81. The first-order valence-electron chi connectivity index (χ1n) is 17.9. The van der Waals surface area contributed by atoms with Crippen LogP contribution in [0.4, 0.5) is 5.69 Å². The maximum absolute atomic E-state index is 14.3. The van der Waals surface area contributed by atoms with Gasteiger partial charge in [0.1, 0.15) is 17.8 Å². The van der Waals surface area contributed by atoms with Crippen molar-refractivity contribution in [2.75, 3.05) is 4.90 Å². The Kier molecular flexibility index (Phi) is 11.2. The number of aromatic nitrogens is 1. The number of rotatable bonds is 14. The Bertz CT molecular complexity index is 2070. The molecule has 0 saturated heterocycles. The smallest absolute Gasteiger partial charge is 0.329 e. The fourth-order valence-corrected chi connectivity index (χ4v) is 7.87. The summed E-state index contributed by atoms with van der Waals surface area (Å²) in [6, 6.07) is 17.9. The molecule has 1 aromatic heterocycles. The minimum absolute atomic E-state index is 0.0340. The molecule has 0 saturated carbocycles. The predicted molar refractivity (Wildman–Crippen MR) is 200 cm³/mol. The number of hydrogen-bond donors (Lipinski definition) is 6. The summed E-state index contributed by atoms with van der Waals surface area (Å²) in [6.45, 7) is 6.39. The summed E-state index contributed by atoms with van der Waals surface area (Å²) in [7, 11) is -4.28. The lowest BCUT2D eigenvalue weighted by Crippen LogP contribution is -2.56. The van der Waals surface area contributed by atoms with E-state index in [1.807, 2.05) is 37.3 Å². The Morgan fingerprint density at radius 1 is 1.02 bits per heavy atom. The maximum Gasteiger partial charge on any atom is 0.329 e. The zero-order valence-electron chi connectivity index (χ0n) is 30.0. The van der Waals surface area contributed by atoms with Crippen molar-refractivity contribution in [2.24, 2.45) is 5.73 Å². The molecule has 3 heterocycles. The van der Waals surface area contributed by atoms with Gasteiger partial charge in [-0.3, -0.25) is 28.6 Å². The highest BCUT2D eigenvalue weighted by Crippen LogP contribution is 2.40. The van der Waals surface area contributed by atoms with Crippen LogP contribution in [0.1, 0.15) is 84.3 Å². The van der Waals surface area contributed by atoms with Crippen LogP contribution < -0.4 is 21.3 Å². The molecule has 7 N–H and O–H groups in total. The van der Waals surface area contributed by atoms with Crippen molar-refractivity contribution in [3.63, 3.8) is 0 Å². The summed E-state index contributed by atoms with van der Waals surface area (Å²) in [4.78, 5) is 77.1. The van der Waals surface area contributed by atoms with Gasteiger partial charge < -0.3 is 35.9 Å². The first-order chi connectivity index (χ1) is 25.2. The molecule has 280 valence electrons. The molecular formula is C39H46N5O8P. The minimum atomic E-state index is -4.28. The quantitative estimate of drug-likeness (QED) is 0.102. The average Bonchev–Trinajstić information content (AvgIpc) is 3.68. The molecule has 13 nitrogen and oxygen atoms in total. The van der Waals surface area contributed by atoms with Crippen molar-refractivity contribution < 1.29 is 38.3 Å². The summed E-state index contributed by atoms with van der Waals surface area (Å²) < 4.78 is 17.7. The summed E-state index contributed by atoms with van der Waals surface area (Å²) in [6.07, 6.45) is 0.447. The lowest BCUT2D eigenvalue weighted by atomic mass is 10.0. The van der Waals surface area contributed by atoms with Gasteiger partial charge in [0.2, 0.25) is 17.7 Å². The molecule has 0 bridgehead atoms. The Morgan fingerprint density at radius 3 is 2.43 bits per heavy atom. The Labute approximate surface area is 307 Å². The van der Waals surface area contributed by atoms with E-state index in [1.54, 1.807) is 24.3 Å². The number of anilines is 1. The van der Waals surface area contributed by atoms with Crippen molar-refractivity contribution in [1.29, 1.82) is 0 Å². The number of carbonyl (C=O) groups excluding carboxylic acids is 4. The third kappa shape index (κ3) is 8.88. The van der Waals surface area contributed by atoms with Crippen LogP contribution in [0.5, 0.6) is 0 Å². The summed E-state index contributed by atoms with van der Waals surface area (Å²) in [5.74, 6) is -1.45. The molecule has 2 aliphatic rings. The van der Waals surface area contributed by atoms with E-state index in [0.29, 0.717) is 47.5 Å². The third-order valence-electron chi connectivity index (χ3n) is 10.1. The van der Waals surface area contributed by atoms with Crippen molar-refractivity contribution in [1.82, 2.24) is 15.6 Å². The number of nitrogens with zero attached hydrogens (tertiary/aromatic N) is 1. The first kappa shape index (κ1) is 37.9. The molecule has 6 rings (SSSR count). The molecule has 14 heteroatoms. The van der Waals surface area contributed by atoms with Gasteiger partial charge in [0.25, 0.3) is 5.91 Å². The topological polar surface area (TPSA) is 204 Å². The second kappa shape index (κ2) is 15.7. The van der Waals surface area contributed by atoms with Crippen LogP contribution in [-0.4, -0.2) is 62.6 Å². The van der Waals surface area contributed by atoms with E-state index < -0.39 is 61.6 Å². The van der Waals surface area contributed by atoms with Gasteiger partial charge in [-0.25, -0.2) is 0 Å². The fraction of sp³-hybridized carbons (Fsp3) is 0.385. The lowest BCUT2D eigenvalue weighted by Gasteiger charge is -2.31. The van der Waals surface area contributed by atoms with E-state index in [-0.39, 0.29) is 25.0 Å². The number of amides is 4. The highest BCUT2D eigenvalue weighted by molar-refractivity contribution is 7.50. The van der Waals surface area contributed by atoms with Crippen LogP contribution in [-0.2, 0) is 49.3 Å². The zero-order valence-corrected chi connectivity index (χ0v) is 30.9. The normalized spacial score (nSPS) is 18.1. The van der Waals surface area contributed by atoms with E-state index >= 15 is 0 Å². The third-order valence-corrected chi connectivity index (χ3v) is 10.9. The van der Waals surface area contributed by atoms with Crippen molar-refractivity contribution in [2.45, 2.75) is 95.8 Å². The number of aromatic amines is 1. The SMILES string of the molecule is CC(C)c1ccc(CO[C@H](C)[C@H](CCC(N)=O)NC(=O)[C@@H]2Cc3cccc4c3N2C(=O)[C@@H](NC(=O)c2cc3cc(CP(=O)(O)O)ccc3[nH]2)CC4)cc1. The van der Waals surface area contributed by atoms with Gasteiger partial charge in [0.15, 0.2) is 0 Å². The van der Waals surface area contributed by atoms with Crippen LogP contribution in [0.2, 0.25) is 0 Å². The largest absolute Gasteiger partial charge is 0.372 e. The number of hydrogen-bond acceptors (Lipinski definition) is 6. The van der Waals surface area contributed by atoms with Gasteiger partial charge in [-0.1, -0.05) is 62.4 Å². The second-order valence-corrected chi connectivity index (χ2v) is 16.0.